The molecular formula is C7H9FN2O. The molecule has 60 valence electrons. The maximum Gasteiger partial charge on any atom is 0.323 e. The summed E-state index contributed by atoms with van der Waals surface area (Å²) in [6, 6.07) is -0.384. The van der Waals surface area contributed by atoms with Crippen molar-refractivity contribution in [2.45, 2.75) is 5.79 Å². The van der Waals surface area contributed by atoms with Gasteiger partial charge >= 0.3 is 6.03 Å². The highest BCUT2D eigenvalue weighted by atomic mass is 19.1. The number of alkyl halides is 1. The summed E-state index contributed by atoms with van der Waals surface area (Å²) in [7, 11) is 2.86. The van der Waals surface area contributed by atoms with E-state index in [1.165, 1.54) is 19.0 Å². The standard InChI is InChI=1S/C7H9FN2O/c1-4-7(8)5-9(2)6(11)10(7)3/h1H,5H2,2-3H3. The van der Waals surface area contributed by atoms with Gasteiger partial charge in [-0.2, -0.15) is 0 Å². The largest absolute Gasteiger partial charge is 0.323 e. The van der Waals surface area contributed by atoms with Crippen molar-refractivity contribution < 1.29 is 9.18 Å². The van der Waals surface area contributed by atoms with Gasteiger partial charge in [-0.3, -0.25) is 4.90 Å². The van der Waals surface area contributed by atoms with Gasteiger partial charge < -0.3 is 4.90 Å². The van der Waals surface area contributed by atoms with Gasteiger partial charge in [0.1, 0.15) is 0 Å². The third-order valence-electron chi connectivity index (χ3n) is 1.81. The summed E-state index contributed by atoms with van der Waals surface area (Å²) in [6.07, 6.45) is 4.94. The molecule has 1 atom stereocenters. The topological polar surface area (TPSA) is 23.6 Å². The molecule has 0 N–H and O–H groups in total. The van der Waals surface area contributed by atoms with Crippen LogP contribution in [0.4, 0.5) is 9.18 Å². The molecule has 0 aromatic rings. The van der Waals surface area contributed by atoms with Gasteiger partial charge in [-0.15, -0.1) is 6.42 Å². The predicted molar refractivity (Wildman–Crippen MR) is 38.5 cm³/mol. The number of halogens is 1. The molecule has 1 saturated heterocycles. The average molecular weight is 156 g/mol. The van der Waals surface area contributed by atoms with Gasteiger partial charge in [0.25, 0.3) is 5.79 Å². The second kappa shape index (κ2) is 2.12. The number of hydrogen-bond acceptors (Lipinski definition) is 1. The van der Waals surface area contributed by atoms with Crippen LogP contribution in [-0.2, 0) is 0 Å². The first-order valence-electron chi connectivity index (χ1n) is 3.17. The number of amides is 2. The molecule has 11 heavy (non-hydrogen) atoms. The van der Waals surface area contributed by atoms with Crippen LogP contribution in [0.2, 0.25) is 0 Å². The molecule has 1 unspecified atom stereocenters. The monoisotopic (exact) mass is 156 g/mol. The number of carbonyl (C=O) groups is 1. The van der Waals surface area contributed by atoms with Crippen molar-refractivity contribution >= 4 is 6.03 Å². The molecule has 0 radical (unpaired) electrons. The van der Waals surface area contributed by atoms with Crippen LogP contribution in [0.25, 0.3) is 0 Å². The van der Waals surface area contributed by atoms with Crippen molar-refractivity contribution in [2.24, 2.45) is 0 Å². The number of urea groups is 1. The van der Waals surface area contributed by atoms with Crippen LogP contribution in [0.3, 0.4) is 0 Å². The summed E-state index contributed by atoms with van der Waals surface area (Å²) in [5, 5.41) is 0. The maximum absolute atomic E-state index is 13.4. The summed E-state index contributed by atoms with van der Waals surface area (Å²) in [4.78, 5) is 13.2. The van der Waals surface area contributed by atoms with Crippen molar-refractivity contribution in [1.29, 1.82) is 0 Å². The van der Waals surface area contributed by atoms with Crippen molar-refractivity contribution in [1.82, 2.24) is 9.80 Å². The third-order valence-corrected chi connectivity index (χ3v) is 1.81. The Hall–Kier alpha value is -1.24. The lowest BCUT2D eigenvalue weighted by Gasteiger charge is -2.18. The van der Waals surface area contributed by atoms with E-state index in [1.54, 1.807) is 0 Å². The Morgan fingerprint density at radius 2 is 2.27 bits per heavy atom. The van der Waals surface area contributed by atoms with E-state index >= 15 is 0 Å². The van der Waals surface area contributed by atoms with Crippen LogP contribution < -0.4 is 0 Å². The van der Waals surface area contributed by atoms with Gasteiger partial charge in [0.2, 0.25) is 0 Å². The highest BCUT2D eigenvalue weighted by Gasteiger charge is 2.45. The summed E-state index contributed by atoms with van der Waals surface area (Å²) in [6.45, 7) is -0.0567. The zero-order chi connectivity index (χ0) is 8.65. The number of nitrogens with zero attached hydrogens (tertiary/aromatic N) is 2. The summed E-state index contributed by atoms with van der Waals surface area (Å²) < 4.78 is 13.4. The quantitative estimate of drug-likeness (QED) is 0.365. The number of terminal acetylenes is 1. The van der Waals surface area contributed by atoms with Gasteiger partial charge in [-0.05, 0) is 5.92 Å². The first kappa shape index (κ1) is 7.86. The van der Waals surface area contributed by atoms with E-state index in [2.05, 4.69) is 0 Å². The normalized spacial score (nSPS) is 30.9. The number of hydrogen-bond donors (Lipinski definition) is 0. The fourth-order valence-electron chi connectivity index (χ4n) is 1.04. The van der Waals surface area contributed by atoms with Gasteiger partial charge in [-0.25, -0.2) is 9.18 Å². The van der Waals surface area contributed by atoms with Crippen molar-refractivity contribution in [3.63, 3.8) is 0 Å². The molecule has 1 aliphatic rings. The SMILES string of the molecule is C#CC1(F)CN(C)C(=O)N1C. The molecule has 1 heterocycles. The Kier molecular flexibility index (Phi) is 1.52. The second-order valence-electron chi connectivity index (χ2n) is 2.60. The molecule has 0 aliphatic carbocycles. The predicted octanol–water partition coefficient (Wildman–Crippen LogP) is 0.283. The third kappa shape index (κ3) is 0.929. The molecular weight excluding hydrogens is 147 g/mol. The zero-order valence-electron chi connectivity index (χ0n) is 6.47. The van der Waals surface area contributed by atoms with Crippen LogP contribution in [0.5, 0.6) is 0 Å². The highest BCUT2D eigenvalue weighted by Crippen LogP contribution is 2.24. The molecule has 2 amide bonds. The molecule has 1 aliphatic heterocycles. The van der Waals surface area contributed by atoms with E-state index in [9.17, 15) is 9.18 Å². The lowest BCUT2D eigenvalue weighted by Crippen LogP contribution is -2.38. The van der Waals surface area contributed by atoms with E-state index in [4.69, 9.17) is 6.42 Å². The molecule has 0 aromatic heterocycles. The van der Waals surface area contributed by atoms with Crippen LogP contribution in [-0.4, -0.2) is 42.3 Å². The summed E-state index contributed by atoms with van der Waals surface area (Å²) in [5.41, 5.74) is 0. The zero-order valence-corrected chi connectivity index (χ0v) is 6.47. The first-order valence-corrected chi connectivity index (χ1v) is 3.17. The van der Waals surface area contributed by atoms with Crippen LogP contribution in [0.15, 0.2) is 0 Å². The van der Waals surface area contributed by atoms with Crippen molar-refractivity contribution in [2.75, 3.05) is 20.6 Å². The molecule has 0 bridgehead atoms. The first-order chi connectivity index (χ1) is 5.01. The van der Waals surface area contributed by atoms with Gasteiger partial charge in [-0.1, -0.05) is 0 Å². The van der Waals surface area contributed by atoms with Crippen LogP contribution >= 0.6 is 0 Å². The molecule has 3 nitrogen and oxygen atoms in total. The molecule has 1 rings (SSSR count). The maximum atomic E-state index is 13.4. The van der Waals surface area contributed by atoms with Crippen LogP contribution in [0.1, 0.15) is 0 Å². The Labute approximate surface area is 64.8 Å². The van der Waals surface area contributed by atoms with Gasteiger partial charge in [0.05, 0.1) is 6.54 Å². The smallest absolute Gasteiger partial charge is 0.321 e. The molecule has 0 saturated carbocycles. The minimum atomic E-state index is -1.92. The molecule has 0 aromatic carbocycles. The van der Waals surface area contributed by atoms with E-state index < -0.39 is 5.79 Å². The number of carbonyl (C=O) groups excluding carboxylic acids is 1. The Morgan fingerprint density at radius 3 is 2.45 bits per heavy atom. The van der Waals surface area contributed by atoms with E-state index in [-0.39, 0.29) is 12.6 Å². The Morgan fingerprint density at radius 1 is 1.73 bits per heavy atom. The minimum Gasteiger partial charge on any atom is -0.321 e. The van der Waals surface area contributed by atoms with E-state index in [1.807, 2.05) is 5.92 Å². The van der Waals surface area contributed by atoms with E-state index in [0.717, 1.165) is 4.90 Å². The van der Waals surface area contributed by atoms with Gasteiger partial charge in [0, 0.05) is 14.1 Å². The fraction of sp³-hybridized carbons (Fsp3) is 0.571. The minimum absolute atomic E-state index is 0.0567. The summed E-state index contributed by atoms with van der Waals surface area (Å²) >= 11 is 0. The molecule has 4 heteroatoms. The fourth-order valence-corrected chi connectivity index (χ4v) is 1.04. The highest BCUT2D eigenvalue weighted by molar-refractivity contribution is 5.78. The lowest BCUT2D eigenvalue weighted by atomic mass is 10.2. The second-order valence-corrected chi connectivity index (χ2v) is 2.60. The van der Waals surface area contributed by atoms with Crippen LogP contribution in [0, 0.1) is 12.3 Å². The Bertz CT molecular complexity index is 235. The average Bonchev–Trinajstić information content (AvgIpc) is 2.17. The van der Waals surface area contributed by atoms with Crippen molar-refractivity contribution in [3.8, 4) is 12.3 Å². The van der Waals surface area contributed by atoms with Gasteiger partial charge in [0.15, 0.2) is 0 Å². The Balaban J connectivity index is 2.93. The van der Waals surface area contributed by atoms with Crippen molar-refractivity contribution in [3.05, 3.63) is 0 Å². The lowest BCUT2D eigenvalue weighted by molar-refractivity contribution is 0.109. The molecule has 0 spiro atoms. The number of rotatable bonds is 0. The molecule has 1 fully saturated rings. The van der Waals surface area contributed by atoms with E-state index in [0.29, 0.717) is 0 Å². The number of likely N-dealkylation sites (N-methyl/N-ethyl adjacent to an activating group) is 2. The summed E-state index contributed by atoms with van der Waals surface area (Å²) in [5.74, 6) is 0.0229.